The van der Waals surface area contributed by atoms with Crippen molar-refractivity contribution in [3.8, 4) is 0 Å². The van der Waals surface area contributed by atoms with Crippen molar-refractivity contribution in [3.05, 3.63) is 87.5 Å². The Morgan fingerprint density at radius 1 is 0.964 bits per heavy atom. The average Bonchev–Trinajstić information content (AvgIpc) is 3.25. The van der Waals surface area contributed by atoms with Gasteiger partial charge in [0, 0.05) is 10.6 Å². The number of hydrogen-bond acceptors (Lipinski definition) is 4. The van der Waals surface area contributed by atoms with Crippen LogP contribution in [0.2, 0.25) is 0 Å². The zero-order valence-corrected chi connectivity index (χ0v) is 16.1. The van der Waals surface area contributed by atoms with Crippen molar-refractivity contribution in [2.24, 2.45) is 0 Å². The summed E-state index contributed by atoms with van der Waals surface area (Å²) in [6, 6.07) is 14.9. The molecule has 1 aromatic heterocycles. The number of nitrogens with zero attached hydrogens (tertiary/aromatic N) is 1. The van der Waals surface area contributed by atoms with Gasteiger partial charge in [0.1, 0.15) is 11.5 Å². The predicted octanol–water partition coefficient (Wildman–Crippen LogP) is 4.90. The Balaban J connectivity index is 1.80. The van der Waals surface area contributed by atoms with Gasteiger partial charge in [-0.25, -0.2) is 9.29 Å². The number of nitrogens with one attached hydrogen (secondary N) is 1. The fraction of sp³-hybridized carbons (Fsp3) is 0.0909. The maximum atomic E-state index is 13.3. The maximum Gasteiger partial charge on any atom is 0.282 e. The average molecular weight is 392 g/mol. The minimum atomic E-state index is -0.426. The molecule has 28 heavy (non-hydrogen) atoms. The third-order valence-corrected chi connectivity index (χ3v) is 5.45. The molecule has 2 amide bonds. The fourth-order valence-corrected chi connectivity index (χ4v) is 4.02. The highest BCUT2D eigenvalue weighted by Crippen LogP contribution is 2.36. The third kappa shape index (κ3) is 3.12. The van der Waals surface area contributed by atoms with Crippen LogP contribution in [0.3, 0.4) is 0 Å². The summed E-state index contributed by atoms with van der Waals surface area (Å²) in [5, 5.41) is 4.88. The highest BCUT2D eigenvalue weighted by molar-refractivity contribution is 7.11. The van der Waals surface area contributed by atoms with Crippen LogP contribution in [0.5, 0.6) is 0 Å². The third-order valence-electron chi connectivity index (χ3n) is 4.56. The van der Waals surface area contributed by atoms with Crippen LogP contribution in [0.25, 0.3) is 5.57 Å². The highest BCUT2D eigenvalue weighted by Gasteiger charge is 2.41. The number of carbonyl (C=O) groups is 2. The van der Waals surface area contributed by atoms with Gasteiger partial charge in [-0.3, -0.25) is 9.59 Å². The number of rotatable bonds is 4. The number of amides is 2. The molecule has 0 fully saturated rings. The first-order chi connectivity index (χ1) is 13.5. The lowest BCUT2D eigenvalue weighted by Crippen LogP contribution is -2.33. The molecule has 1 aliphatic heterocycles. The van der Waals surface area contributed by atoms with E-state index in [2.05, 4.69) is 5.32 Å². The summed E-state index contributed by atoms with van der Waals surface area (Å²) in [7, 11) is 0. The van der Waals surface area contributed by atoms with Gasteiger partial charge in [0.15, 0.2) is 0 Å². The zero-order chi connectivity index (χ0) is 19.8. The number of imide groups is 1. The molecule has 0 bridgehead atoms. The first-order valence-corrected chi connectivity index (χ1v) is 9.60. The van der Waals surface area contributed by atoms with Gasteiger partial charge in [0.05, 0.1) is 11.3 Å². The van der Waals surface area contributed by atoms with E-state index in [0.29, 0.717) is 21.8 Å². The van der Waals surface area contributed by atoms with Crippen LogP contribution in [0.15, 0.2) is 65.7 Å². The molecule has 0 saturated heterocycles. The molecule has 140 valence electrons. The van der Waals surface area contributed by atoms with E-state index in [0.717, 1.165) is 11.1 Å². The second-order valence-corrected chi connectivity index (χ2v) is 7.54. The fourth-order valence-electron chi connectivity index (χ4n) is 3.25. The van der Waals surface area contributed by atoms with Gasteiger partial charge in [0.2, 0.25) is 0 Å². The molecule has 0 saturated carbocycles. The van der Waals surface area contributed by atoms with Gasteiger partial charge in [-0.2, -0.15) is 0 Å². The van der Waals surface area contributed by atoms with Crippen molar-refractivity contribution in [2.75, 3.05) is 10.2 Å². The lowest BCUT2D eigenvalue weighted by molar-refractivity contribution is -0.120. The van der Waals surface area contributed by atoms with Crippen LogP contribution >= 0.6 is 11.3 Å². The molecule has 3 aromatic rings. The number of aryl methyl sites for hydroxylation is 2. The molecule has 1 aliphatic rings. The Bertz CT molecular complexity index is 1100. The Kier molecular flexibility index (Phi) is 4.57. The summed E-state index contributed by atoms with van der Waals surface area (Å²) in [6.45, 7) is 3.83. The van der Waals surface area contributed by atoms with Gasteiger partial charge in [0.25, 0.3) is 11.8 Å². The van der Waals surface area contributed by atoms with E-state index in [-0.39, 0.29) is 17.4 Å². The molecule has 1 N–H and O–H groups in total. The van der Waals surface area contributed by atoms with Crippen molar-refractivity contribution in [2.45, 2.75) is 13.8 Å². The number of benzene rings is 2. The van der Waals surface area contributed by atoms with Gasteiger partial charge in [-0.05, 0) is 61.2 Å². The van der Waals surface area contributed by atoms with E-state index in [1.54, 1.807) is 6.07 Å². The summed E-state index contributed by atoms with van der Waals surface area (Å²) in [5.74, 6) is -1.17. The maximum absolute atomic E-state index is 13.3. The second kappa shape index (κ2) is 7.05. The number of halogens is 1. The van der Waals surface area contributed by atoms with Crippen molar-refractivity contribution in [1.29, 1.82) is 0 Å². The van der Waals surface area contributed by atoms with Gasteiger partial charge < -0.3 is 5.32 Å². The van der Waals surface area contributed by atoms with Crippen LogP contribution in [-0.4, -0.2) is 11.8 Å². The summed E-state index contributed by atoms with van der Waals surface area (Å²) < 4.78 is 13.2. The van der Waals surface area contributed by atoms with E-state index in [9.17, 15) is 14.0 Å². The van der Waals surface area contributed by atoms with Gasteiger partial charge in [-0.15, -0.1) is 11.3 Å². The van der Waals surface area contributed by atoms with Crippen molar-refractivity contribution < 1.29 is 14.0 Å². The Morgan fingerprint density at radius 3 is 2.36 bits per heavy atom. The van der Waals surface area contributed by atoms with Gasteiger partial charge >= 0.3 is 0 Å². The first-order valence-electron chi connectivity index (χ1n) is 8.72. The van der Waals surface area contributed by atoms with Gasteiger partial charge in [-0.1, -0.05) is 23.8 Å². The largest absolute Gasteiger partial charge is 0.350 e. The first kappa shape index (κ1) is 18.1. The van der Waals surface area contributed by atoms with Crippen molar-refractivity contribution in [1.82, 2.24) is 0 Å². The molecule has 0 aliphatic carbocycles. The van der Waals surface area contributed by atoms with Crippen LogP contribution in [0, 0.1) is 19.7 Å². The van der Waals surface area contributed by atoms with Crippen LogP contribution in [0.4, 0.5) is 15.8 Å². The molecule has 0 spiro atoms. The van der Waals surface area contributed by atoms with E-state index in [1.165, 1.54) is 40.5 Å². The van der Waals surface area contributed by atoms with Crippen LogP contribution < -0.4 is 10.2 Å². The number of thiophene rings is 1. The second-order valence-electron chi connectivity index (χ2n) is 6.59. The highest BCUT2D eigenvalue weighted by atomic mass is 32.1. The lowest BCUT2D eigenvalue weighted by atomic mass is 10.1. The molecule has 6 heteroatoms. The van der Waals surface area contributed by atoms with E-state index >= 15 is 0 Å². The van der Waals surface area contributed by atoms with Crippen LogP contribution in [-0.2, 0) is 9.59 Å². The van der Waals surface area contributed by atoms with Crippen molar-refractivity contribution >= 4 is 40.1 Å². The molecule has 0 atom stereocenters. The lowest BCUT2D eigenvalue weighted by Gasteiger charge is -2.18. The molecule has 0 unspecified atom stereocenters. The number of anilines is 2. The van der Waals surface area contributed by atoms with E-state index in [4.69, 9.17) is 0 Å². The molecular formula is C22H17FN2O2S. The number of carbonyl (C=O) groups excluding carboxylic acids is 2. The smallest absolute Gasteiger partial charge is 0.282 e. The standard InChI is InChI=1S/C22H17FN2O2S/c1-13-5-10-17(14(2)12-13)25-21(26)19(18-4-3-11-28-18)20(22(25)27)24-16-8-6-15(23)7-9-16/h3-12,24H,1-2H3. The predicted molar refractivity (Wildman–Crippen MR) is 110 cm³/mol. The number of hydrogen-bond donors (Lipinski definition) is 1. The minimum absolute atomic E-state index is 0.194. The minimum Gasteiger partial charge on any atom is -0.350 e. The molecular weight excluding hydrogens is 375 g/mol. The molecule has 4 rings (SSSR count). The monoisotopic (exact) mass is 392 g/mol. The molecule has 4 nitrogen and oxygen atoms in total. The summed E-state index contributed by atoms with van der Waals surface area (Å²) in [5.41, 5.74) is 3.51. The Hall–Kier alpha value is -3.25. The Labute approximate surface area is 165 Å². The van der Waals surface area contributed by atoms with E-state index < -0.39 is 5.91 Å². The zero-order valence-electron chi connectivity index (χ0n) is 15.3. The molecule has 2 heterocycles. The summed E-state index contributed by atoms with van der Waals surface area (Å²) >= 11 is 1.39. The topological polar surface area (TPSA) is 49.4 Å². The normalized spacial score (nSPS) is 14.2. The van der Waals surface area contributed by atoms with Crippen LogP contribution in [0.1, 0.15) is 16.0 Å². The quantitative estimate of drug-likeness (QED) is 0.643. The molecule has 0 radical (unpaired) electrons. The van der Waals surface area contributed by atoms with Crippen molar-refractivity contribution in [3.63, 3.8) is 0 Å². The molecule has 2 aromatic carbocycles. The summed E-state index contributed by atoms with van der Waals surface area (Å²) in [6.07, 6.45) is 0. The Morgan fingerprint density at radius 2 is 1.71 bits per heavy atom. The van der Waals surface area contributed by atoms with E-state index in [1.807, 2.05) is 43.5 Å². The SMILES string of the molecule is Cc1ccc(N2C(=O)C(Nc3ccc(F)cc3)=C(c3cccs3)C2=O)c(C)c1. The summed E-state index contributed by atoms with van der Waals surface area (Å²) in [4.78, 5) is 28.4.